The molecule has 0 spiro atoms. The van der Waals surface area contributed by atoms with Crippen LogP contribution in [0.2, 0.25) is 5.02 Å². The number of hydrogen-bond acceptors (Lipinski definition) is 1. The molecule has 0 unspecified atom stereocenters. The molecule has 0 aromatic heterocycles. The Morgan fingerprint density at radius 2 is 2.21 bits per heavy atom. The van der Waals surface area contributed by atoms with E-state index in [-0.39, 0.29) is 5.56 Å². The van der Waals surface area contributed by atoms with E-state index in [0.29, 0.717) is 16.5 Å². The van der Waals surface area contributed by atoms with Crippen molar-refractivity contribution in [2.75, 3.05) is 5.88 Å². The Labute approximate surface area is 91.8 Å². The third kappa shape index (κ3) is 2.76. The van der Waals surface area contributed by atoms with Crippen LogP contribution in [-0.2, 0) is 0 Å². The normalized spacial score (nSPS) is 10.7. The molecule has 0 aliphatic carbocycles. The molecule has 0 fully saturated rings. The van der Waals surface area contributed by atoms with Crippen molar-refractivity contribution in [1.29, 1.82) is 0 Å². The maximum atomic E-state index is 10.8. The predicted octanol–water partition coefficient (Wildman–Crippen LogP) is 3.29. The lowest BCUT2D eigenvalue weighted by atomic mass is 10.1. The molecule has 1 aromatic carbocycles. The van der Waals surface area contributed by atoms with Crippen LogP contribution in [0.1, 0.15) is 15.9 Å². The largest absolute Gasteiger partial charge is 0.478 e. The monoisotopic (exact) mass is 230 g/mol. The molecule has 74 valence electrons. The summed E-state index contributed by atoms with van der Waals surface area (Å²) < 4.78 is 0. The molecule has 1 N–H and O–H groups in total. The Hall–Kier alpha value is -0.990. The first-order valence-electron chi connectivity index (χ1n) is 3.90. The molecule has 14 heavy (non-hydrogen) atoms. The number of carboxylic acid groups (broad SMARTS) is 1. The summed E-state index contributed by atoms with van der Waals surface area (Å²) in [5, 5.41) is 9.35. The summed E-state index contributed by atoms with van der Waals surface area (Å²) in [5.41, 5.74) is 0.779. The van der Waals surface area contributed by atoms with Crippen LogP contribution in [-0.4, -0.2) is 17.0 Å². The zero-order valence-corrected chi connectivity index (χ0v) is 8.72. The van der Waals surface area contributed by atoms with Gasteiger partial charge in [-0.25, -0.2) is 4.79 Å². The molecule has 0 atom stereocenters. The zero-order valence-electron chi connectivity index (χ0n) is 7.21. The van der Waals surface area contributed by atoms with E-state index in [4.69, 9.17) is 28.3 Å². The summed E-state index contributed by atoms with van der Waals surface area (Å²) in [6.07, 6.45) is 3.31. The highest BCUT2D eigenvalue weighted by Crippen LogP contribution is 2.17. The molecule has 0 radical (unpaired) electrons. The van der Waals surface area contributed by atoms with Gasteiger partial charge in [-0.15, -0.1) is 11.6 Å². The van der Waals surface area contributed by atoms with E-state index in [1.54, 1.807) is 24.3 Å². The van der Waals surface area contributed by atoms with Crippen LogP contribution < -0.4 is 0 Å². The van der Waals surface area contributed by atoms with Crippen molar-refractivity contribution in [3.63, 3.8) is 0 Å². The third-order valence-corrected chi connectivity index (χ3v) is 2.04. The van der Waals surface area contributed by atoms with Gasteiger partial charge >= 0.3 is 5.97 Å². The first kappa shape index (κ1) is 11.1. The van der Waals surface area contributed by atoms with E-state index in [0.717, 1.165) is 0 Å². The third-order valence-electron chi connectivity index (χ3n) is 1.63. The fourth-order valence-electron chi connectivity index (χ4n) is 1.04. The van der Waals surface area contributed by atoms with Crippen LogP contribution in [0, 0.1) is 0 Å². The molecule has 0 saturated carbocycles. The number of carboxylic acids is 1. The number of hydrogen-bond donors (Lipinski definition) is 1. The number of rotatable bonds is 3. The van der Waals surface area contributed by atoms with Gasteiger partial charge in [-0.05, 0) is 23.8 Å². The molecule has 0 aliphatic rings. The van der Waals surface area contributed by atoms with Gasteiger partial charge in [0.15, 0.2) is 0 Å². The second-order valence-electron chi connectivity index (χ2n) is 2.59. The van der Waals surface area contributed by atoms with Crippen molar-refractivity contribution in [3.8, 4) is 0 Å². The van der Waals surface area contributed by atoms with Crippen molar-refractivity contribution in [2.45, 2.75) is 0 Å². The number of halogens is 2. The van der Waals surface area contributed by atoms with E-state index < -0.39 is 5.97 Å². The van der Waals surface area contributed by atoms with Crippen molar-refractivity contribution in [3.05, 3.63) is 40.4 Å². The van der Waals surface area contributed by atoms with Crippen molar-refractivity contribution in [1.82, 2.24) is 0 Å². The number of allylic oxidation sites excluding steroid dienone is 1. The molecule has 0 amide bonds. The van der Waals surface area contributed by atoms with E-state index in [1.165, 1.54) is 6.07 Å². The molecule has 0 heterocycles. The Kier molecular flexibility index (Phi) is 3.98. The van der Waals surface area contributed by atoms with Crippen molar-refractivity contribution >= 4 is 35.2 Å². The average molecular weight is 231 g/mol. The maximum Gasteiger partial charge on any atom is 0.336 e. The molecule has 0 saturated heterocycles. The van der Waals surface area contributed by atoms with Crippen molar-refractivity contribution in [2.24, 2.45) is 0 Å². The summed E-state index contributed by atoms with van der Waals surface area (Å²) in [7, 11) is 0. The van der Waals surface area contributed by atoms with Gasteiger partial charge in [0, 0.05) is 10.9 Å². The zero-order chi connectivity index (χ0) is 10.6. The first-order valence-corrected chi connectivity index (χ1v) is 4.81. The SMILES string of the molecule is O=C(O)c1ccc(Cl)cc1C=CCCl. The molecule has 2 nitrogen and oxygen atoms in total. The minimum Gasteiger partial charge on any atom is -0.478 e. The lowest BCUT2D eigenvalue weighted by molar-refractivity contribution is 0.0696. The highest BCUT2D eigenvalue weighted by Gasteiger charge is 2.07. The second-order valence-corrected chi connectivity index (χ2v) is 3.34. The smallest absolute Gasteiger partial charge is 0.336 e. The topological polar surface area (TPSA) is 37.3 Å². The molecular weight excluding hydrogens is 223 g/mol. The van der Waals surface area contributed by atoms with Gasteiger partial charge in [-0.1, -0.05) is 23.8 Å². The lowest BCUT2D eigenvalue weighted by Gasteiger charge is -2.01. The van der Waals surface area contributed by atoms with Crippen LogP contribution in [0.4, 0.5) is 0 Å². The molecule has 0 bridgehead atoms. The summed E-state index contributed by atoms with van der Waals surface area (Å²) in [6, 6.07) is 4.61. The molecule has 1 aromatic rings. The van der Waals surface area contributed by atoms with Gasteiger partial charge < -0.3 is 5.11 Å². The molecule has 4 heteroatoms. The van der Waals surface area contributed by atoms with Gasteiger partial charge in [0.25, 0.3) is 0 Å². The first-order chi connectivity index (χ1) is 6.65. The number of carbonyl (C=O) groups is 1. The second kappa shape index (κ2) is 5.03. The van der Waals surface area contributed by atoms with E-state index in [9.17, 15) is 4.79 Å². The molecular formula is C10H8Cl2O2. The van der Waals surface area contributed by atoms with Gasteiger partial charge in [0.05, 0.1) is 5.56 Å². The summed E-state index contributed by atoms with van der Waals surface area (Å²) in [4.78, 5) is 10.8. The Morgan fingerprint density at radius 3 is 2.79 bits per heavy atom. The number of benzene rings is 1. The van der Waals surface area contributed by atoms with E-state index >= 15 is 0 Å². The van der Waals surface area contributed by atoms with Crippen LogP contribution in [0.15, 0.2) is 24.3 Å². The fraction of sp³-hybridized carbons (Fsp3) is 0.100. The van der Waals surface area contributed by atoms with Gasteiger partial charge in [0.2, 0.25) is 0 Å². The standard InChI is InChI=1S/C10H8Cl2O2/c11-5-1-2-7-6-8(12)3-4-9(7)10(13)14/h1-4,6H,5H2,(H,13,14). The van der Waals surface area contributed by atoms with Gasteiger partial charge in [-0.3, -0.25) is 0 Å². The van der Waals surface area contributed by atoms with Crippen LogP contribution in [0.3, 0.4) is 0 Å². The highest BCUT2D eigenvalue weighted by atomic mass is 35.5. The van der Waals surface area contributed by atoms with Crippen LogP contribution in [0.25, 0.3) is 6.08 Å². The summed E-state index contributed by atoms with van der Waals surface area (Å²) in [6.45, 7) is 0. The Morgan fingerprint density at radius 1 is 1.50 bits per heavy atom. The predicted molar refractivity (Wildman–Crippen MR) is 58.2 cm³/mol. The molecule has 0 aliphatic heterocycles. The van der Waals surface area contributed by atoms with Crippen molar-refractivity contribution < 1.29 is 9.90 Å². The Bertz CT molecular complexity index is 372. The highest BCUT2D eigenvalue weighted by molar-refractivity contribution is 6.30. The van der Waals surface area contributed by atoms with E-state index in [2.05, 4.69) is 0 Å². The Balaban J connectivity index is 3.15. The minimum absolute atomic E-state index is 0.218. The summed E-state index contributed by atoms with van der Waals surface area (Å²) in [5.74, 6) is -0.637. The number of aromatic carboxylic acids is 1. The fourth-order valence-corrected chi connectivity index (χ4v) is 1.31. The van der Waals surface area contributed by atoms with Crippen LogP contribution in [0.5, 0.6) is 0 Å². The maximum absolute atomic E-state index is 10.8. The quantitative estimate of drug-likeness (QED) is 0.810. The number of alkyl halides is 1. The van der Waals surface area contributed by atoms with E-state index in [1.807, 2.05) is 0 Å². The average Bonchev–Trinajstić information content (AvgIpc) is 2.14. The lowest BCUT2D eigenvalue weighted by Crippen LogP contribution is -1.98. The van der Waals surface area contributed by atoms with Gasteiger partial charge in [-0.2, -0.15) is 0 Å². The molecule has 1 rings (SSSR count). The minimum atomic E-state index is -0.976. The van der Waals surface area contributed by atoms with Crippen LogP contribution >= 0.6 is 23.2 Å². The summed E-state index contributed by atoms with van der Waals surface area (Å²) >= 11 is 11.2. The van der Waals surface area contributed by atoms with Gasteiger partial charge in [0.1, 0.15) is 0 Å².